The number of benzene rings is 2. The minimum absolute atomic E-state index is 0.208. The number of hydrogen-bond donors (Lipinski definition) is 3. The minimum Gasteiger partial charge on any atom is -0.495 e. The summed E-state index contributed by atoms with van der Waals surface area (Å²) in [5, 5.41) is 8.05. The topological polar surface area (TPSA) is 79.5 Å². The first-order valence-corrected chi connectivity index (χ1v) is 7.73. The number of halogens is 1. The van der Waals surface area contributed by atoms with E-state index in [1.807, 2.05) is 0 Å². The van der Waals surface area contributed by atoms with Crippen LogP contribution in [-0.2, 0) is 11.2 Å². The minimum atomic E-state index is -0.402. The smallest absolute Gasteiger partial charge is 0.319 e. The third kappa shape index (κ3) is 5.80. The predicted octanol–water partition coefficient (Wildman–Crippen LogP) is 3.16. The molecule has 0 heterocycles. The number of anilines is 2. The van der Waals surface area contributed by atoms with Crippen LogP contribution < -0.4 is 20.7 Å². The van der Waals surface area contributed by atoms with Crippen molar-refractivity contribution in [2.24, 2.45) is 0 Å². The molecule has 2 rings (SSSR count). The van der Waals surface area contributed by atoms with Crippen molar-refractivity contribution in [2.45, 2.75) is 13.3 Å². The van der Waals surface area contributed by atoms with Gasteiger partial charge in [-0.3, -0.25) is 4.79 Å². The van der Waals surface area contributed by atoms with Crippen molar-refractivity contribution in [1.29, 1.82) is 0 Å². The third-order valence-electron chi connectivity index (χ3n) is 3.38. The Kier molecular flexibility index (Phi) is 6.33. The lowest BCUT2D eigenvalue weighted by atomic mass is 10.1. The van der Waals surface area contributed by atoms with Crippen LogP contribution in [0.5, 0.6) is 5.75 Å². The monoisotopic (exact) mass is 345 g/mol. The Labute approximate surface area is 145 Å². The first kappa shape index (κ1) is 18.3. The van der Waals surface area contributed by atoms with Gasteiger partial charge in [0.2, 0.25) is 5.91 Å². The number of carbonyl (C=O) groups excluding carboxylic acids is 2. The zero-order chi connectivity index (χ0) is 18.2. The molecule has 7 heteroatoms. The Hall–Kier alpha value is -3.09. The van der Waals surface area contributed by atoms with E-state index in [0.717, 1.165) is 5.56 Å². The maximum atomic E-state index is 12.8. The van der Waals surface area contributed by atoms with Gasteiger partial charge in [-0.15, -0.1) is 0 Å². The maximum Gasteiger partial charge on any atom is 0.319 e. The van der Waals surface area contributed by atoms with E-state index in [0.29, 0.717) is 30.1 Å². The zero-order valence-electron chi connectivity index (χ0n) is 14.1. The normalized spacial score (nSPS) is 10.0. The van der Waals surface area contributed by atoms with Crippen LogP contribution in [0.2, 0.25) is 0 Å². The molecule has 0 aliphatic carbocycles. The summed E-state index contributed by atoms with van der Waals surface area (Å²) in [5.41, 5.74) is 1.91. The van der Waals surface area contributed by atoms with Crippen LogP contribution >= 0.6 is 0 Å². The predicted molar refractivity (Wildman–Crippen MR) is 94.4 cm³/mol. The van der Waals surface area contributed by atoms with Gasteiger partial charge >= 0.3 is 6.03 Å². The largest absolute Gasteiger partial charge is 0.495 e. The summed E-state index contributed by atoms with van der Waals surface area (Å²) in [6.07, 6.45) is 0.580. The summed E-state index contributed by atoms with van der Waals surface area (Å²) in [5.74, 6) is -0.0248. The molecule has 6 nitrogen and oxygen atoms in total. The second-order valence-corrected chi connectivity index (χ2v) is 5.35. The van der Waals surface area contributed by atoms with Gasteiger partial charge in [0.15, 0.2) is 0 Å². The summed E-state index contributed by atoms with van der Waals surface area (Å²) >= 11 is 0. The van der Waals surface area contributed by atoms with Crippen LogP contribution in [0.1, 0.15) is 12.5 Å². The van der Waals surface area contributed by atoms with E-state index >= 15 is 0 Å². The van der Waals surface area contributed by atoms with Crippen molar-refractivity contribution in [3.63, 3.8) is 0 Å². The van der Waals surface area contributed by atoms with E-state index in [9.17, 15) is 14.0 Å². The number of urea groups is 1. The van der Waals surface area contributed by atoms with Crippen molar-refractivity contribution in [1.82, 2.24) is 5.32 Å². The molecule has 0 fully saturated rings. The van der Waals surface area contributed by atoms with Gasteiger partial charge in [0.05, 0.1) is 12.8 Å². The van der Waals surface area contributed by atoms with Gasteiger partial charge in [-0.1, -0.05) is 12.1 Å². The number of carbonyl (C=O) groups is 2. The number of ether oxygens (including phenoxy) is 1. The van der Waals surface area contributed by atoms with Gasteiger partial charge in [-0.2, -0.15) is 0 Å². The van der Waals surface area contributed by atoms with Gasteiger partial charge in [-0.25, -0.2) is 9.18 Å². The third-order valence-corrected chi connectivity index (χ3v) is 3.38. The lowest BCUT2D eigenvalue weighted by molar-refractivity contribution is -0.114. The highest BCUT2D eigenvalue weighted by Crippen LogP contribution is 2.27. The molecular formula is C18H20FN3O3. The van der Waals surface area contributed by atoms with Crippen LogP contribution in [0.25, 0.3) is 0 Å². The van der Waals surface area contributed by atoms with E-state index in [-0.39, 0.29) is 11.7 Å². The molecule has 2 aromatic rings. The van der Waals surface area contributed by atoms with Gasteiger partial charge in [0.25, 0.3) is 0 Å². The van der Waals surface area contributed by atoms with Gasteiger partial charge in [0, 0.05) is 19.2 Å². The maximum absolute atomic E-state index is 12.8. The first-order chi connectivity index (χ1) is 12.0. The average molecular weight is 345 g/mol. The summed E-state index contributed by atoms with van der Waals surface area (Å²) < 4.78 is 18.0. The van der Waals surface area contributed by atoms with Gasteiger partial charge in [-0.05, 0) is 42.3 Å². The fourth-order valence-electron chi connectivity index (χ4n) is 2.22. The molecule has 0 atom stereocenters. The quantitative estimate of drug-likeness (QED) is 0.752. The van der Waals surface area contributed by atoms with E-state index in [1.54, 1.807) is 30.3 Å². The summed E-state index contributed by atoms with van der Waals surface area (Å²) in [7, 11) is 1.49. The fourth-order valence-corrected chi connectivity index (χ4v) is 2.22. The highest BCUT2D eigenvalue weighted by atomic mass is 19.1. The Balaban J connectivity index is 1.92. The molecule has 0 unspecified atom stereocenters. The molecule has 0 saturated carbocycles. The molecular weight excluding hydrogens is 325 g/mol. The molecule has 3 amide bonds. The number of hydrogen-bond acceptors (Lipinski definition) is 3. The van der Waals surface area contributed by atoms with Gasteiger partial charge < -0.3 is 20.7 Å². The molecule has 0 radical (unpaired) electrons. The number of amides is 3. The fraction of sp³-hybridized carbons (Fsp3) is 0.222. The standard InChI is InChI=1S/C18H20FN3O3/c1-12(23)21-15-7-8-17(25-2)16(11-15)22-18(24)20-10-9-13-3-5-14(19)6-4-13/h3-8,11H,9-10H2,1-2H3,(H,21,23)(H2,20,22,24). The Bertz CT molecular complexity index is 748. The van der Waals surface area contributed by atoms with E-state index < -0.39 is 6.03 Å². The van der Waals surface area contributed by atoms with Crippen molar-refractivity contribution >= 4 is 23.3 Å². The van der Waals surface area contributed by atoms with Crippen LogP contribution in [0.15, 0.2) is 42.5 Å². The molecule has 0 bridgehead atoms. The van der Waals surface area contributed by atoms with Crippen LogP contribution in [0.3, 0.4) is 0 Å². The van der Waals surface area contributed by atoms with Crippen molar-refractivity contribution in [3.8, 4) is 5.75 Å². The molecule has 0 aliphatic heterocycles. The van der Waals surface area contributed by atoms with E-state index in [2.05, 4.69) is 16.0 Å². The number of rotatable bonds is 6. The first-order valence-electron chi connectivity index (χ1n) is 7.73. The Morgan fingerprint density at radius 3 is 2.44 bits per heavy atom. The second kappa shape index (κ2) is 8.68. The van der Waals surface area contributed by atoms with E-state index in [4.69, 9.17) is 4.74 Å². The van der Waals surface area contributed by atoms with Crippen molar-refractivity contribution in [2.75, 3.05) is 24.3 Å². The zero-order valence-corrected chi connectivity index (χ0v) is 14.1. The van der Waals surface area contributed by atoms with Gasteiger partial charge in [0.1, 0.15) is 11.6 Å². The molecule has 0 spiro atoms. The number of nitrogens with one attached hydrogen (secondary N) is 3. The lowest BCUT2D eigenvalue weighted by Gasteiger charge is -2.13. The molecule has 0 aromatic heterocycles. The Morgan fingerprint density at radius 1 is 1.08 bits per heavy atom. The SMILES string of the molecule is COc1ccc(NC(C)=O)cc1NC(=O)NCCc1ccc(F)cc1. The van der Waals surface area contributed by atoms with Crippen LogP contribution in [0, 0.1) is 5.82 Å². The highest BCUT2D eigenvalue weighted by Gasteiger charge is 2.09. The highest BCUT2D eigenvalue weighted by molar-refractivity contribution is 5.94. The Morgan fingerprint density at radius 2 is 1.80 bits per heavy atom. The summed E-state index contributed by atoms with van der Waals surface area (Å²) in [4.78, 5) is 23.2. The average Bonchev–Trinajstić information content (AvgIpc) is 2.56. The van der Waals surface area contributed by atoms with E-state index in [1.165, 1.54) is 26.2 Å². The second-order valence-electron chi connectivity index (χ2n) is 5.35. The number of methoxy groups -OCH3 is 1. The summed E-state index contributed by atoms with van der Waals surface area (Å²) in [6, 6.07) is 10.7. The molecule has 3 N–H and O–H groups in total. The lowest BCUT2D eigenvalue weighted by Crippen LogP contribution is -2.30. The molecule has 25 heavy (non-hydrogen) atoms. The molecule has 0 saturated heterocycles. The van der Waals surface area contributed by atoms with Crippen LogP contribution in [0.4, 0.5) is 20.6 Å². The van der Waals surface area contributed by atoms with Crippen molar-refractivity contribution in [3.05, 3.63) is 53.8 Å². The molecule has 0 aliphatic rings. The molecule has 2 aromatic carbocycles. The van der Waals surface area contributed by atoms with Crippen LogP contribution in [-0.4, -0.2) is 25.6 Å². The summed E-state index contributed by atoms with van der Waals surface area (Å²) in [6.45, 7) is 1.80. The van der Waals surface area contributed by atoms with Crippen molar-refractivity contribution < 1.29 is 18.7 Å². The molecule has 132 valence electrons.